The number of nitrogens with one attached hydrogen (secondary N) is 2. The molecule has 230 valence electrons. The van der Waals surface area contributed by atoms with Crippen molar-refractivity contribution in [2.24, 2.45) is 0 Å². The number of unbranched alkanes of at least 4 members (excludes halogenated alkanes) is 12. The number of benzene rings is 2. The molecule has 6 heteroatoms. The van der Waals surface area contributed by atoms with Crippen molar-refractivity contribution in [2.75, 3.05) is 18.5 Å². The minimum absolute atomic E-state index is 0.0159. The van der Waals surface area contributed by atoms with E-state index in [4.69, 9.17) is 4.74 Å². The Morgan fingerprint density at radius 1 is 0.690 bits per heavy atom. The van der Waals surface area contributed by atoms with Gasteiger partial charge in [0, 0.05) is 37.9 Å². The zero-order valence-corrected chi connectivity index (χ0v) is 26.0. The van der Waals surface area contributed by atoms with E-state index in [9.17, 15) is 14.4 Å². The molecule has 1 unspecified atom stereocenters. The van der Waals surface area contributed by atoms with E-state index < -0.39 is 0 Å². The summed E-state index contributed by atoms with van der Waals surface area (Å²) < 4.78 is 5.37. The van der Waals surface area contributed by atoms with Crippen molar-refractivity contribution >= 4 is 23.5 Å². The van der Waals surface area contributed by atoms with Crippen LogP contribution in [0.3, 0.4) is 0 Å². The summed E-state index contributed by atoms with van der Waals surface area (Å²) in [4.78, 5) is 35.7. The zero-order chi connectivity index (χ0) is 30.0. The molecule has 0 radical (unpaired) electrons. The zero-order valence-electron chi connectivity index (χ0n) is 26.0. The molecule has 0 saturated heterocycles. The lowest BCUT2D eigenvalue weighted by Gasteiger charge is -2.14. The monoisotopic (exact) mass is 576 g/mol. The molecule has 2 N–H and O–H groups in total. The SMILES string of the molecule is CCCNC(=O)CCCCCCCCCCCCCCCC(=O)Nc1ccc2c(c1)C(COC(C)=O)c1ccccc1-2. The molecule has 0 aromatic heterocycles. The highest BCUT2D eigenvalue weighted by Gasteiger charge is 2.29. The summed E-state index contributed by atoms with van der Waals surface area (Å²) >= 11 is 0. The first kappa shape index (κ1) is 33.4. The van der Waals surface area contributed by atoms with E-state index in [-0.39, 0.29) is 23.7 Å². The van der Waals surface area contributed by atoms with Gasteiger partial charge in [-0.3, -0.25) is 14.4 Å². The highest BCUT2D eigenvalue weighted by Crippen LogP contribution is 2.45. The van der Waals surface area contributed by atoms with E-state index in [2.05, 4.69) is 35.8 Å². The minimum Gasteiger partial charge on any atom is -0.465 e. The van der Waals surface area contributed by atoms with Gasteiger partial charge in [-0.15, -0.1) is 0 Å². The number of fused-ring (bicyclic) bond motifs is 3. The molecule has 0 bridgehead atoms. The Morgan fingerprint density at radius 3 is 1.83 bits per heavy atom. The van der Waals surface area contributed by atoms with Crippen molar-refractivity contribution in [3.8, 4) is 11.1 Å². The summed E-state index contributed by atoms with van der Waals surface area (Å²) in [6.07, 6.45) is 17.9. The van der Waals surface area contributed by atoms with Gasteiger partial charge in [0.05, 0.1) is 0 Å². The first-order chi connectivity index (χ1) is 20.5. The smallest absolute Gasteiger partial charge is 0.302 e. The van der Waals surface area contributed by atoms with E-state index in [0.717, 1.165) is 61.0 Å². The second-order valence-electron chi connectivity index (χ2n) is 11.7. The number of ether oxygens (including phenoxy) is 1. The number of esters is 1. The van der Waals surface area contributed by atoms with Gasteiger partial charge in [0.15, 0.2) is 0 Å². The predicted octanol–water partition coefficient (Wildman–Crippen LogP) is 8.68. The number of rotatable bonds is 21. The Balaban J connectivity index is 1.21. The minimum atomic E-state index is -0.283. The molecule has 1 atom stereocenters. The summed E-state index contributed by atoms with van der Waals surface area (Å²) in [6, 6.07) is 14.3. The lowest BCUT2D eigenvalue weighted by Crippen LogP contribution is -2.23. The maximum absolute atomic E-state index is 12.6. The van der Waals surface area contributed by atoms with Crippen LogP contribution in [0, 0.1) is 0 Å². The van der Waals surface area contributed by atoms with E-state index in [0.29, 0.717) is 19.4 Å². The number of carbonyl (C=O) groups is 3. The van der Waals surface area contributed by atoms with Gasteiger partial charge in [-0.05, 0) is 53.6 Å². The Hall–Kier alpha value is -3.15. The fraction of sp³-hybridized carbons (Fsp3) is 0.583. The predicted molar refractivity (Wildman–Crippen MR) is 172 cm³/mol. The van der Waals surface area contributed by atoms with Crippen LogP contribution in [0.5, 0.6) is 0 Å². The second kappa shape index (κ2) is 19.1. The molecule has 6 nitrogen and oxygen atoms in total. The molecule has 0 fully saturated rings. The van der Waals surface area contributed by atoms with Crippen molar-refractivity contribution in [1.82, 2.24) is 5.32 Å². The third-order valence-electron chi connectivity index (χ3n) is 8.17. The first-order valence-electron chi connectivity index (χ1n) is 16.4. The van der Waals surface area contributed by atoms with Crippen LogP contribution in [0.15, 0.2) is 42.5 Å². The molecule has 0 heterocycles. The highest BCUT2D eigenvalue weighted by molar-refractivity contribution is 5.92. The van der Waals surface area contributed by atoms with Gasteiger partial charge in [0.1, 0.15) is 6.61 Å². The Kier molecular flexibility index (Phi) is 15.2. The van der Waals surface area contributed by atoms with Crippen LogP contribution in [-0.2, 0) is 19.1 Å². The highest BCUT2D eigenvalue weighted by atomic mass is 16.5. The standard InChI is InChI=1S/C36H52N2O4/c1-3-25-37-35(40)21-15-13-11-9-7-5-4-6-8-10-12-14-16-22-36(41)38-29-23-24-32-30-19-17-18-20-31(30)34(33(32)26-29)27-42-28(2)39/h17-20,23-24,26,34H,3-16,21-22,25,27H2,1-2H3,(H,37,40)(H,38,41). The topological polar surface area (TPSA) is 84.5 Å². The van der Waals surface area contributed by atoms with Crippen LogP contribution in [-0.4, -0.2) is 30.9 Å². The van der Waals surface area contributed by atoms with E-state index in [1.807, 2.05) is 24.3 Å². The van der Waals surface area contributed by atoms with Gasteiger partial charge >= 0.3 is 5.97 Å². The molecule has 2 aromatic rings. The molecule has 0 spiro atoms. The molecule has 42 heavy (non-hydrogen) atoms. The number of anilines is 1. The van der Waals surface area contributed by atoms with Crippen LogP contribution in [0.25, 0.3) is 11.1 Å². The number of amides is 2. The van der Waals surface area contributed by atoms with Crippen LogP contribution in [0.1, 0.15) is 134 Å². The first-order valence-corrected chi connectivity index (χ1v) is 16.4. The number of hydrogen-bond donors (Lipinski definition) is 2. The van der Waals surface area contributed by atoms with E-state index >= 15 is 0 Å². The fourth-order valence-corrected chi connectivity index (χ4v) is 5.86. The molecule has 2 aromatic carbocycles. The third kappa shape index (κ3) is 11.6. The quantitative estimate of drug-likeness (QED) is 0.115. The average Bonchev–Trinajstić information content (AvgIpc) is 3.29. The number of hydrogen-bond acceptors (Lipinski definition) is 4. The van der Waals surface area contributed by atoms with Crippen LogP contribution >= 0.6 is 0 Å². The molecule has 2 amide bonds. The van der Waals surface area contributed by atoms with Crippen molar-refractivity contribution in [3.63, 3.8) is 0 Å². The summed E-state index contributed by atoms with van der Waals surface area (Å²) in [6.45, 7) is 4.61. The lowest BCUT2D eigenvalue weighted by molar-refractivity contribution is -0.141. The summed E-state index contributed by atoms with van der Waals surface area (Å²) in [5, 5.41) is 6.02. The van der Waals surface area contributed by atoms with Gasteiger partial charge in [-0.1, -0.05) is 108 Å². The molecular formula is C36H52N2O4. The molecule has 1 aliphatic carbocycles. The van der Waals surface area contributed by atoms with Gasteiger partial charge in [-0.25, -0.2) is 0 Å². The Labute approximate surface area is 253 Å². The summed E-state index contributed by atoms with van der Waals surface area (Å²) in [5.41, 5.74) is 5.36. The van der Waals surface area contributed by atoms with E-state index in [1.165, 1.54) is 70.3 Å². The Bertz CT molecular complexity index is 1130. The van der Waals surface area contributed by atoms with Crippen molar-refractivity contribution in [3.05, 3.63) is 53.6 Å². The maximum Gasteiger partial charge on any atom is 0.302 e. The van der Waals surface area contributed by atoms with Crippen LogP contribution in [0.2, 0.25) is 0 Å². The normalized spacial score (nSPS) is 13.3. The van der Waals surface area contributed by atoms with Crippen molar-refractivity contribution < 1.29 is 19.1 Å². The fourth-order valence-electron chi connectivity index (χ4n) is 5.86. The summed E-state index contributed by atoms with van der Waals surface area (Å²) in [5.74, 6) is -0.0380. The van der Waals surface area contributed by atoms with Gasteiger partial charge in [0.2, 0.25) is 11.8 Å². The molecule has 0 aliphatic heterocycles. The van der Waals surface area contributed by atoms with Gasteiger partial charge in [0.25, 0.3) is 0 Å². The molecule has 3 rings (SSSR count). The van der Waals surface area contributed by atoms with Crippen molar-refractivity contribution in [1.29, 1.82) is 0 Å². The largest absolute Gasteiger partial charge is 0.465 e. The van der Waals surface area contributed by atoms with Gasteiger partial charge < -0.3 is 15.4 Å². The van der Waals surface area contributed by atoms with Gasteiger partial charge in [-0.2, -0.15) is 0 Å². The van der Waals surface area contributed by atoms with Crippen molar-refractivity contribution in [2.45, 2.75) is 122 Å². The second-order valence-corrected chi connectivity index (χ2v) is 11.7. The molecule has 0 saturated carbocycles. The Morgan fingerprint density at radius 2 is 1.24 bits per heavy atom. The lowest BCUT2D eigenvalue weighted by atomic mass is 9.97. The van der Waals surface area contributed by atoms with Crippen LogP contribution < -0.4 is 10.6 Å². The molecular weight excluding hydrogens is 524 g/mol. The average molecular weight is 577 g/mol. The molecule has 1 aliphatic rings. The van der Waals surface area contributed by atoms with Crippen LogP contribution in [0.4, 0.5) is 5.69 Å². The maximum atomic E-state index is 12.6. The third-order valence-corrected chi connectivity index (χ3v) is 8.17. The van der Waals surface area contributed by atoms with E-state index in [1.54, 1.807) is 0 Å². The summed E-state index contributed by atoms with van der Waals surface area (Å²) in [7, 11) is 0. The number of carbonyl (C=O) groups excluding carboxylic acids is 3.